The molecule has 2 heterocycles. The number of rotatable bonds is 4. The van der Waals surface area contributed by atoms with E-state index in [0.717, 1.165) is 36.9 Å². The molecule has 1 aliphatic rings. The van der Waals surface area contributed by atoms with E-state index in [-0.39, 0.29) is 5.91 Å². The monoisotopic (exact) mass is 238 g/mol. The standard InChI is InChI=1S/C12H18N2OS/c15-12(11-4-2-8-16-11)14-7-5-10-3-1-6-13-9-10/h2,4,8,10,13H,1,3,5-7,9H2,(H,14,15). The van der Waals surface area contributed by atoms with Gasteiger partial charge >= 0.3 is 0 Å². The number of carbonyl (C=O) groups excluding carboxylic acids is 1. The van der Waals surface area contributed by atoms with Gasteiger partial charge in [-0.15, -0.1) is 11.3 Å². The predicted octanol–water partition coefficient (Wildman–Crippen LogP) is 1.87. The van der Waals surface area contributed by atoms with E-state index in [1.807, 2.05) is 17.5 Å². The predicted molar refractivity (Wildman–Crippen MR) is 66.9 cm³/mol. The van der Waals surface area contributed by atoms with Crippen molar-refractivity contribution < 1.29 is 4.79 Å². The Morgan fingerprint density at radius 2 is 2.56 bits per heavy atom. The van der Waals surface area contributed by atoms with Gasteiger partial charge in [0.25, 0.3) is 5.91 Å². The Kier molecular flexibility index (Phi) is 4.36. The zero-order chi connectivity index (χ0) is 11.2. The van der Waals surface area contributed by atoms with Crippen LogP contribution in [0.25, 0.3) is 0 Å². The molecule has 3 nitrogen and oxygen atoms in total. The van der Waals surface area contributed by atoms with Gasteiger partial charge in [0.2, 0.25) is 0 Å². The van der Waals surface area contributed by atoms with Gasteiger partial charge in [-0.25, -0.2) is 0 Å². The quantitative estimate of drug-likeness (QED) is 0.840. The summed E-state index contributed by atoms with van der Waals surface area (Å²) in [5.41, 5.74) is 0. The van der Waals surface area contributed by atoms with Crippen molar-refractivity contribution in [1.29, 1.82) is 0 Å². The zero-order valence-corrected chi connectivity index (χ0v) is 10.2. The van der Waals surface area contributed by atoms with Crippen molar-refractivity contribution in [1.82, 2.24) is 10.6 Å². The molecular formula is C12H18N2OS. The molecule has 1 amide bonds. The van der Waals surface area contributed by atoms with E-state index in [0.29, 0.717) is 0 Å². The topological polar surface area (TPSA) is 41.1 Å². The SMILES string of the molecule is O=C(NCCC1CCCNC1)c1cccs1. The van der Waals surface area contributed by atoms with Gasteiger partial charge in [-0.05, 0) is 49.7 Å². The lowest BCUT2D eigenvalue weighted by Crippen LogP contribution is -2.33. The van der Waals surface area contributed by atoms with Gasteiger partial charge in [0.15, 0.2) is 0 Å². The third-order valence-corrected chi connectivity index (χ3v) is 3.85. The zero-order valence-electron chi connectivity index (χ0n) is 9.37. The fourth-order valence-corrected chi connectivity index (χ4v) is 2.70. The van der Waals surface area contributed by atoms with E-state index < -0.39 is 0 Å². The minimum Gasteiger partial charge on any atom is -0.351 e. The minimum atomic E-state index is 0.0683. The van der Waals surface area contributed by atoms with Gasteiger partial charge in [0.1, 0.15) is 0 Å². The summed E-state index contributed by atoms with van der Waals surface area (Å²) in [6.45, 7) is 3.05. The molecule has 0 saturated carbocycles. The molecule has 4 heteroatoms. The van der Waals surface area contributed by atoms with Crippen LogP contribution in [0.4, 0.5) is 0 Å². The molecule has 0 bridgehead atoms. The number of nitrogens with one attached hydrogen (secondary N) is 2. The van der Waals surface area contributed by atoms with E-state index >= 15 is 0 Å². The summed E-state index contributed by atoms with van der Waals surface area (Å²) >= 11 is 1.49. The normalized spacial score (nSPS) is 20.6. The number of thiophene rings is 1. The summed E-state index contributed by atoms with van der Waals surface area (Å²) in [7, 11) is 0. The lowest BCUT2D eigenvalue weighted by atomic mass is 9.96. The molecule has 1 aromatic rings. The molecule has 2 rings (SSSR count). The molecule has 1 unspecified atom stereocenters. The number of carbonyl (C=O) groups is 1. The second-order valence-electron chi connectivity index (χ2n) is 4.23. The molecule has 1 fully saturated rings. The van der Waals surface area contributed by atoms with Crippen LogP contribution in [0.15, 0.2) is 17.5 Å². The maximum Gasteiger partial charge on any atom is 0.261 e. The van der Waals surface area contributed by atoms with Crippen LogP contribution in [-0.2, 0) is 0 Å². The lowest BCUT2D eigenvalue weighted by molar-refractivity contribution is 0.0954. The highest BCUT2D eigenvalue weighted by Crippen LogP contribution is 2.13. The molecule has 0 radical (unpaired) electrons. The summed E-state index contributed by atoms with van der Waals surface area (Å²) < 4.78 is 0. The first-order valence-electron chi connectivity index (χ1n) is 5.88. The summed E-state index contributed by atoms with van der Waals surface area (Å²) in [6.07, 6.45) is 3.65. The van der Waals surface area contributed by atoms with Crippen molar-refractivity contribution in [2.45, 2.75) is 19.3 Å². The Morgan fingerprint density at radius 1 is 1.62 bits per heavy atom. The van der Waals surface area contributed by atoms with Crippen LogP contribution in [0.5, 0.6) is 0 Å². The van der Waals surface area contributed by atoms with E-state index in [9.17, 15) is 4.79 Å². The van der Waals surface area contributed by atoms with E-state index in [1.165, 1.54) is 24.2 Å². The number of amides is 1. The van der Waals surface area contributed by atoms with Crippen molar-refractivity contribution in [3.8, 4) is 0 Å². The van der Waals surface area contributed by atoms with Gasteiger partial charge in [-0.2, -0.15) is 0 Å². The third kappa shape index (κ3) is 3.32. The summed E-state index contributed by atoms with van der Waals surface area (Å²) in [6, 6.07) is 3.77. The minimum absolute atomic E-state index is 0.0683. The molecule has 1 aliphatic heterocycles. The van der Waals surface area contributed by atoms with Crippen LogP contribution < -0.4 is 10.6 Å². The second kappa shape index (κ2) is 6.01. The van der Waals surface area contributed by atoms with E-state index in [4.69, 9.17) is 0 Å². The average molecular weight is 238 g/mol. The van der Waals surface area contributed by atoms with Crippen LogP contribution in [0.1, 0.15) is 28.9 Å². The van der Waals surface area contributed by atoms with Crippen molar-refractivity contribution >= 4 is 17.2 Å². The van der Waals surface area contributed by atoms with Crippen molar-refractivity contribution in [2.24, 2.45) is 5.92 Å². The van der Waals surface area contributed by atoms with E-state index in [2.05, 4.69) is 10.6 Å². The molecular weight excluding hydrogens is 220 g/mol. The first-order valence-corrected chi connectivity index (χ1v) is 6.76. The lowest BCUT2D eigenvalue weighted by Gasteiger charge is -2.22. The van der Waals surface area contributed by atoms with Crippen LogP contribution in [0.3, 0.4) is 0 Å². The Hall–Kier alpha value is -0.870. The van der Waals surface area contributed by atoms with Gasteiger partial charge in [0.05, 0.1) is 4.88 Å². The van der Waals surface area contributed by atoms with Crippen LogP contribution in [0, 0.1) is 5.92 Å². The third-order valence-electron chi connectivity index (χ3n) is 2.98. The first kappa shape index (κ1) is 11.6. The second-order valence-corrected chi connectivity index (χ2v) is 5.18. The summed E-state index contributed by atoms with van der Waals surface area (Å²) in [5, 5.41) is 8.30. The molecule has 1 saturated heterocycles. The smallest absolute Gasteiger partial charge is 0.261 e. The molecule has 2 N–H and O–H groups in total. The van der Waals surface area contributed by atoms with Gasteiger partial charge in [0, 0.05) is 6.54 Å². The number of hydrogen-bond donors (Lipinski definition) is 2. The van der Waals surface area contributed by atoms with Crippen LogP contribution >= 0.6 is 11.3 Å². The van der Waals surface area contributed by atoms with Crippen LogP contribution in [-0.4, -0.2) is 25.5 Å². The molecule has 1 aromatic heterocycles. The molecule has 0 aliphatic carbocycles. The Morgan fingerprint density at radius 3 is 3.25 bits per heavy atom. The Balaban J connectivity index is 1.66. The Labute approximate surface area is 100 Å². The number of hydrogen-bond acceptors (Lipinski definition) is 3. The first-order chi connectivity index (χ1) is 7.86. The van der Waals surface area contributed by atoms with Gasteiger partial charge < -0.3 is 10.6 Å². The highest BCUT2D eigenvalue weighted by molar-refractivity contribution is 7.12. The van der Waals surface area contributed by atoms with E-state index in [1.54, 1.807) is 0 Å². The highest BCUT2D eigenvalue weighted by Gasteiger charge is 2.13. The van der Waals surface area contributed by atoms with Gasteiger partial charge in [-0.3, -0.25) is 4.79 Å². The fourth-order valence-electron chi connectivity index (χ4n) is 2.06. The summed E-state index contributed by atoms with van der Waals surface area (Å²) in [4.78, 5) is 12.4. The number of piperidine rings is 1. The van der Waals surface area contributed by atoms with Crippen molar-refractivity contribution in [3.63, 3.8) is 0 Å². The van der Waals surface area contributed by atoms with Gasteiger partial charge in [-0.1, -0.05) is 6.07 Å². The maximum atomic E-state index is 11.6. The molecule has 0 spiro atoms. The molecule has 1 atom stereocenters. The van der Waals surface area contributed by atoms with Crippen LogP contribution in [0.2, 0.25) is 0 Å². The summed E-state index contributed by atoms with van der Waals surface area (Å²) in [5.74, 6) is 0.802. The van der Waals surface area contributed by atoms with Crippen molar-refractivity contribution in [3.05, 3.63) is 22.4 Å². The largest absolute Gasteiger partial charge is 0.351 e. The fraction of sp³-hybridized carbons (Fsp3) is 0.583. The molecule has 16 heavy (non-hydrogen) atoms. The van der Waals surface area contributed by atoms with Crippen molar-refractivity contribution in [2.75, 3.05) is 19.6 Å². The highest BCUT2D eigenvalue weighted by atomic mass is 32.1. The molecule has 0 aromatic carbocycles. The maximum absolute atomic E-state index is 11.6. The average Bonchev–Trinajstić information content (AvgIpc) is 2.84. The Bertz CT molecular complexity index is 318. The molecule has 88 valence electrons.